The fraction of sp³-hybridized carbons (Fsp3) is 0.846. The highest BCUT2D eigenvalue weighted by atomic mass is 16.6. The van der Waals surface area contributed by atoms with Gasteiger partial charge in [0.1, 0.15) is 39.6 Å². The number of carbonyl (C=O) groups excluding carboxylic acids is 6. The molecule has 0 aromatic heterocycles. The predicted octanol–water partition coefficient (Wildman–Crippen LogP) is 24.9. The van der Waals surface area contributed by atoms with Crippen molar-refractivity contribution in [2.24, 2.45) is 11.8 Å². The number of aliphatic hydroxyl groups is 1. The van der Waals surface area contributed by atoms with Crippen LogP contribution in [0.4, 0.5) is 0 Å². The molecule has 0 aromatic rings. The molecular formula is C91H165NO13. The van der Waals surface area contributed by atoms with Crippen LogP contribution in [-0.4, -0.2) is 112 Å². The van der Waals surface area contributed by atoms with Crippen molar-refractivity contribution in [3.8, 4) is 0 Å². The minimum absolute atomic E-state index is 0.0278. The van der Waals surface area contributed by atoms with Crippen LogP contribution in [0.15, 0.2) is 48.6 Å². The molecule has 0 rings (SSSR count). The lowest BCUT2D eigenvalue weighted by molar-refractivity contribution is -0.156. The van der Waals surface area contributed by atoms with Gasteiger partial charge in [0.2, 0.25) is 0 Å². The molecule has 0 aliphatic carbocycles. The topological polar surface area (TPSA) is 181 Å². The minimum atomic E-state index is -0.431. The Kier molecular flexibility index (Phi) is 80.3. The van der Waals surface area contributed by atoms with Gasteiger partial charge in [-0.1, -0.05) is 269 Å². The van der Waals surface area contributed by atoms with E-state index in [1.807, 2.05) is 0 Å². The van der Waals surface area contributed by atoms with Gasteiger partial charge in [0.05, 0.1) is 11.8 Å². The quantitative estimate of drug-likeness (QED) is 0.0263. The fourth-order valence-corrected chi connectivity index (χ4v) is 12.8. The summed E-state index contributed by atoms with van der Waals surface area (Å²) in [6, 6.07) is 0. The first kappa shape index (κ1) is 101. The summed E-state index contributed by atoms with van der Waals surface area (Å²) in [5.74, 6) is -2.54. The second-order valence-electron chi connectivity index (χ2n) is 30.3. The van der Waals surface area contributed by atoms with Crippen LogP contribution in [0, 0.1) is 11.8 Å². The van der Waals surface area contributed by atoms with Crippen LogP contribution < -0.4 is 0 Å². The van der Waals surface area contributed by atoms with E-state index in [9.17, 15) is 33.9 Å². The van der Waals surface area contributed by atoms with E-state index in [-0.39, 0.29) is 82.1 Å². The first-order valence-corrected chi connectivity index (χ1v) is 44.4. The van der Waals surface area contributed by atoms with Gasteiger partial charge in [-0.05, 0) is 174 Å². The molecule has 0 saturated heterocycles. The fourth-order valence-electron chi connectivity index (χ4n) is 12.8. The standard InChI is InChI=1S/C91H165NO13/c1-5-9-13-17-21-25-29-33-37-41-45-51-59-68-86(94)100-78-84(79-101-87(95)69-60-52-46-42-38-34-30-26-22-18-14-10-6-2)82-104-90(98)72-63-55-49-57-65-74-92(76-67-77-93)75-66-58-50-56-64-73-91(99)105-83-85(80-102-88(96)70-61-53-47-43-39-35-31-27-23-19-15-11-7-3)81-103-89(97)71-62-54-48-44-40-36-32-28-24-20-16-12-8-4/h25-32,84-85,93H,5-24,33-83H2,1-4H3/b29-25-,30-26-,31-27-,32-28-. The summed E-state index contributed by atoms with van der Waals surface area (Å²) in [4.78, 5) is 79.6. The number of aliphatic hydroxyl groups excluding tert-OH is 1. The van der Waals surface area contributed by atoms with Crippen LogP contribution in [0.5, 0.6) is 0 Å². The van der Waals surface area contributed by atoms with Gasteiger partial charge >= 0.3 is 35.8 Å². The Hall–Kier alpha value is -4.30. The van der Waals surface area contributed by atoms with Crippen LogP contribution in [0.25, 0.3) is 0 Å². The van der Waals surface area contributed by atoms with Crippen molar-refractivity contribution < 1.29 is 62.3 Å². The number of unbranched alkanes of at least 4 members (excludes halogenated alkanes) is 44. The van der Waals surface area contributed by atoms with Crippen LogP contribution in [0.1, 0.15) is 419 Å². The molecule has 0 aliphatic rings. The molecule has 0 saturated carbocycles. The van der Waals surface area contributed by atoms with E-state index in [1.54, 1.807) is 0 Å². The summed E-state index contributed by atoms with van der Waals surface area (Å²) in [7, 11) is 0. The number of nitrogens with zero attached hydrogens (tertiary/aromatic N) is 1. The molecule has 14 nitrogen and oxygen atoms in total. The van der Waals surface area contributed by atoms with Crippen LogP contribution in [0.3, 0.4) is 0 Å². The van der Waals surface area contributed by atoms with Gasteiger partial charge in [0.15, 0.2) is 0 Å². The molecule has 0 unspecified atom stereocenters. The Balaban J connectivity index is 4.88. The molecule has 0 heterocycles. The van der Waals surface area contributed by atoms with E-state index >= 15 is 0 Å². The molecule has 1 N–H and O–H groups in total. The maximum atomic E-state index is 13.0. The second kappa shape index (κ2) is 83.7. The molecule has 0 amide bonds. The van der Waals surface area contributed by atoms with Crippen molar-refractivity contribution in [2.75, 3.05) is 65.9 Å². The lowest BCUT2D eigenvalue weighted by Gasteiger charge is -2.22. The monoisotopic (exact) mass is 1480 g/mol. The lowest BCUT2D eigenvalue weighted by Crippen LogP contribution is -2.28. The number of allylic oxidation sites excluding steroid dienone is 8. The summed E-state index contributed by atoms with van der Waals surface area (Å²) in [5, 5.41) is 9.65. The summed E-state index contributed by atoms with van der Waals surface area (Å²) in [6.07, 6.45) is 81.3. The second-order valence-corrected chi connectivity index (χ2v) is 30.3. The van der Waals surface area contributed by atoms with Crippen molar-refractivity contribution in [1.82, 2.24) is 4.90 Å². The molecule has 0 spiro atoms. The van der Waals surface area contributed by atoms with Crippen LogP contribution >= 0.6 is 0 Å². The minimum Gasteiger partial charge on any atom is -0.465 e. The van der Waals surface area contributed by atoms with Gasteiger partial charge in [-0.3, -0.25) is 28.8 Å². The van der Waals surface area contributed by atoms with Crippen molar-refractivity contribution in [3.63, 3.8) is 0 Å². The van der Waals surface area contributed by atoms with E-state index in [1.165, 1.54) is 154 Å². The number of hydrogen-bond donors (Lipinski definition) is 1. The molecule has 612 valence electrons. The maximum Gasteiger partial charge on any atom is 0.305 e. The molecule has 0 bridgehead atoms. The number of esters is 6. The average molecular weight is 1480 g/mol. The third kappa shape index (κ3) is 79.1. The van der Waals surface area contributed by atoms with E-state index < -0.39 is 11.8 Å². The average Bonchev–Trinajstić information content (AvgIpc) is 1.10. The third-order valence-electron chi connectivity index (χ3n) is 19.8. The van der Waals surface area contributed by atoms with Crippen molar-refractivity contribution >= 4 is 35.8 Å². The van der Waals surface area contributed by atoms with Crippen molar-refractivity contribution in [1.29, 1.82) is 0 Å². The van der Waals surface area contributed by atoms with E-state index in [0.29, 0.717) is 38.5 Å². The van der Waals surface area contributed by atoms with Gasteiger partial charge in [-0.15, -0.1) is 0 Å². The Labute approximate surface area is 645 Å². The Bertz CT molecular complexity index is 1810. The predicted molar refractivity (Wildman–Crippen MR) is 437 cm³/mol. The smallest absolute Gasteiger partial charge is 0.305 e. The zero-order valence-corrected chi connectivity index (χ0v) is 68.8. The highest BCUT2D eigenvalue weighted by molar-refractivity contribution is 5.71. The zero-order valence-electron chi connectivity index (χ0n) is 68.8. The SMILES string of the molecule is CCCCCC/C=C\CCCCCCCC(=O)OCC(COC(=O)CCCCCCC/C=C\CCCCCC)COC(=O)CCCCCCCN(CCCO)CCCCCCCC(=O)OCC(COC(=O)CCCCCCC/C=C\CCCCCC)COC(=O)CCCCCCC/C=C\CCCCCC. The van der Waals surface area contributed by atoms with Crippen LogP contribution in [-0.2, 0) is 57.2 Å². The van der Waals surface area contributed by atoms with Gasteiger partial charge in [0, 0.05) is 51.7 Å². The normalized spacial score (nSPS) is 11.8. The molecule has 105 heavy (non-hydrogen) atoms. The summed E-state index contributed by atoms with van der Waals surface area (Å²) >= 11 is 0. The summed E-state index contributed by atoms with van der Waals surface area (Å²) in [6.45, 7) is 12.1. The first-order valence-electron chi connectivity index (χ1n) is 44.4. The largest absolute Gasteiger partial charge is 0.465 e. The number of carbonyl (C=O) groups is 6. The van der Waals surface area contributed by atoms with Crippen LogP contribution in [0.2, 0.25) is 0 Å². The molecule has 0 aromatic carbocycles. The van der Waals surface area contributed by atoms with Crippen molar-refractivity contribution in [2.45, 2.75) is 419 Å². The molecule has 0 atom stereocenters. The van der Waals surface area contributed by atoms with Crippen molar-refractivity contribution in [3.05, 3.63) is 48.6 Å². The van der Waals surface area contributed by atoms with E-state index in [2.05, 4.69) is 81.2 Å². The summed E-state index contributed by atoms with van der Waals surface area (Å²) < 4.78 is 34.1. The van der Waals surface area contributed by atoms with Gasteiger partial charge in [-0.25, -0.2) is 0 Å². The number of rotatable bonds is 83. The van der Waals surface area contributed by atoms with E-state index in [4.69, 9.17) is 28.4 Å². The highest BCUT2D eigenvalue weighted by Gasteiger charge is 2.20. The molecule has 0 fully saturated rings. The number of ether oxygens (including phenoxy) is 6. The molecular weight excluding hydrogens is 1310 g/mol. The first-order chi connectivity index (χ1) is 51.6. The molecule has 0 radical (unpaired) electrons. The molecule has 14 heteroatoms. The Morgan fingerprint density at radius 2 is 0.390 bits per heavy atom. The van der Waals surface area contributed by atoms with Gasteiger partial charge in [-0.2, -0.15) is 0 Å². The Morgan fingerprint density at radius 1 is 0.229 bits per heavy atom. The number of hydrogen-bond acceptors (Lipinski definition) is 14. The Morgan fingerprint density at radius 3 is 0.581 bits per heavy atom. The highest BCUT2D eigenvalue weighted by Crippen LogP contribution is 2.18. The summed E-state index contributed by atoms with van der Waals surface area (Å²) in [5.41, 5.74) is 0. The molecule has 0 aliphatic heterocycles. The van der Waals surface area contributed by atoms with E-state index in [0.717, 1.165) is 219 Å². The zero-order chi connectivity index (χ0) is 76.3. The third-order valence-corrected chi connectivity index (χ3v) is 19.8. The van der Waals surface area contributed by atoms with Gasteiger partial charge in [0.25, 0.3) is 0 Å². The maximum absolute atomic E-state index is 13.0. The lowest BCUT2D eigenvalue weighted by atomic mass is 10.1. The van der Waals surface area contributed by atoms with Gasteiger partial charge < -0.3 is 38.4 Å².